The minimum absolute atomic E-state index is 0.0911. The molecule has 0 aromatic carbocycles. The number of nitrogens with zero attached hydrogens (tertiary/aromatic N) is 5. The molecule has 0 radical (unpaired) electrons. The molecule has 4 atom stereocenters. The second-order valence-corrected chi connectivity index (χ2v) is 12.5. The van der Waals surface area contributed by atoms with E-state index in [1.807, 2.05) is 20.8 Å². The predicted octanol–water partition coefficient (Wildman–Crippen LogP) is 3.13. The topological polar surface area (TPSA) is 133 Å². The fraction of sp³-hybridized carbons (Fsp3) is 0.692. The van der Waals surface area contributed by atoms with Gasteiger partial charge in [0.25, 0.3) is 0 Å². The van der Waals surface area contributed by atoms with Crippen molar-refractivity contribution >= 4 is 28.7 Å². The van der Waals surface area contributed by atoms with Gasteiger partial charge in [-0.25, -0.2) is 19.9 Å². The maximum absolute atomic E-state index is 13.6. The highest BCUT2D eigenvalue weighted by atomic mass is 16.4. The van der Waals surface area contributed by atoms with Gasteiger partial charge in [-0.2, -0.15) is 0 Å². The zero-order chi connectivity index (χ0) is 26.5. The van der Waals surface area contributed by atoms with Gasteiger partial charge in [0, 0.05) is 29.6 Å². The third-order valence-corrected chi connectivity index (χ3v) is 7.30. The number of hydrogen-bond donors (Lipinski definition) is 3. The average molecular weight is 498 g/mol. The first kappa shape index (κ1) is 26.2. The molecule has 2 aromatic rings. The molecule has 10 heteroatoms. The fourth-order valence-corrected chi connectivity index (χ4v) is 5.52. The quantitative estimate of drug-likeness (QED) is 0.570. The van der Waals surface area contributed by atoms with Gasteiger partial charge < -0.3 is 20.6 Å². The first-order chi connectivity index (χ1) is 16.7. The van der Waals surface area contributed by atoms with Crippen LogP contribution in [0.15, 0.2) is 12.5 Å². The van der Waals surface area contributed by atoms with Crippen LogP contribution in [0.4, 0.5) is 5.82 Å². The van der Waals surface area contributed by atoms with Crippen molar-refractivity contribution in [2.24, 2.45) is 5.41 Å². The number of rotatable bonds is 5. The van der Waals surface area contributed by atoms with Crippen molar-refractivity contribution < 1.29 is 14.7 Å². The fourth-order valence-electron chi connectivity index (χ4n) is 5.52. The summed E-state index contributed by atoms with van der Waals surface area (Å²) in [6, 6.07) is -0.762. The number of carboxylic acid groups (broad SMARTS) is 1. The van der Waals surface area contributed by atoms with E-state index < -0.39 is 17.4 Å². The zero-order valence-corrected chi connectivity index (χ0v) is 22.4. The summed E-state index contributed by atoms with van der Waals surface area (Å²) in [6.07, 6.45) is 5.64. The Morgan fingerprint density at radius 1 is 1.11 bits per heavy atom. The zero-order valence-electron chi connectivity index (χ0n) is 22.4. The van der Waals surface area contributed by atoms with E-state index in [9.17, 15) is 14.7 Å². The lowest BCUT2D eigenvalue weighted by Gasteiger charge is -2.47. The Balaban J connectivity index is 1.55. The van der Waals surface area contributed by atoms with Gasteiger partial charge in [0.05, 0.1) is 11.6 Å². The molecule has 2 fully saturated rings. The number of likely N-dealkylation sites (tertiary alicyclic amines) is 1. The highest BCUT2D eigenvalue weighted by Crippen LogP contribution is 2.42. The molecular weight excluding hydrogens is 458 g/mol. The van der Waals surface area contributed by atoms with E-state index in [1.165, 1.54) is 6.33 Å². The van der Waals surface area contributed by atoms with Gasteiger partial charge in [-0.15, -0.1) is 0 Å². The van der Waals surface area contributed by atoms with E-state index in [2.05, 4.69) is 46.4 Å². The van der Waals surface area contributed by atoms with Gasteiger partial charge in [-0.05, 0) is 53.4 Å². The van der Waals surface area contributed by atoms with Crippen LogP contribution in [0.2, 0.25) is 0 Å². The minimum atomic E-state index is -1.03. The molecule has 10 nitrogen and oxygen atoms in total. The molecule has 1 saturated heterocycles. The number of aromatic nitrogens is 4. The van der Waals surface area contributed by atoms with E-state index in [0.717, 1.165) is 6.42 Å². The molecule has 3 heterocycles. The van der Waals surface area contributed by atoms with Crippen molar-refractivity contribution in [3.8, 4) is 0 Å². The molecule has 1 amide bonds. The third kappa shape index (κ3) is 5.14. The summed E-state index contributed by atoms with van der Waals surface area (Å²) in [5, 5.41) is 17.1. The molecule has 0 spiro atoms. The Morgan fingerprint density at radius 3 is 2.47 bits per heavy atom. The normalized spacial score (nSPS) is 27.5. The molecule has 4 rings (SSSR count). The molecule has 1 aliphatic carbocycles. The van der Waals surface area contributed by atoms with Gasteiger partial charge in [0.1, 0.15) is 29.2 Å². The van der Waals surface area contributed by atoms with Gasteiger partial charge in [-0.1, -0.05) is 20.8 Å². The van der Waals surface area contributed by atoms with E-state index >= 15 is 0 Å². The molecule has 196 valence electrons. The average Bonchev–Trinajstić information content (AvgIpc) is 3.12. The van der Waals surface area contributed by atoms with E-state index in [-0.39, 0.29) is 28.9 Å². The molecular formula is C26H39N7O3. The van der Waals surface area contributed by atoms with Gasteiger partial charge in [0.2, 0.25) is 5.91 Å². The smallest absolute Gasteiger partial charge is 0.311 e. The number of carboxylic acids is 1. The molecule has 1 saturated carbocycles. The molecule has 36 heavy (non-hydrogen) atoms. The summed E-state index contributed by atoms with van der Waals surface area (Å²) in [6.45, 7) is 14.7. The number of anilines is 1. The van der Waals surface area contributed by atoms with E-state index in [4.69, 9.17) is 4.98 Å². The summed E-state index contributed by atoms with van der Waals surface area (Å²) < 4.78 is 0. The number of carbonyl (C=O) groups is 2. The van der Waals surface area contributed by atoms with Crippen LogP contribution in [0, 0.1) is 5.41 Å². The lowest BCUT2D eigenvalue weighted by atomic mass is 9.68. The molecule has 2 aromatic heterocycles. The number of nitrogens with one attached hydrogen (secondary N) is 2. The minimum Gasteiger partial charge on any atom is -0.481 e. The Kier molecular flexibility index (Phi) is 6.70. The largest absolute Gasteiger partial charge is 0.481 e. The molecule has 3 N–H and O–H groups in total. The van der Waals surface area contributed by atoms with Crippen molar-refractivity contribution in [3.63, 3.8) is 0 Å². The first-order valence-corrected chi connectivity index (χ1v) is 12.8. The van der Waals surface area contributed by atoms with Crippen LogP contribution in [-0.2, 0) is 15.0 Å². The van der Waals surface area contributed by atoms with Crippen molar-refractivity contribution in [2.75, 3.05) is 11.9 Å². The molecule has 0 bridgehead atoms. The van der Waals surface area contributed by atoms with Crippen LogP contribution >= 0.6 is 0 Å². The molecule has 1 aliphatic heterocycles. The summed E-state index contributed by atoms with van der Waals surface area (Å²) in [5.74, 6) is 0.217. The van der Waals surface area contributed by atoms with Crippen LogP contribution in [0.3, 0.4) is 0 Å². The second-order valence-electron chi connectivity index (χ2n) is 12.5. The lowest BCUT2D eigenvalue weighted by molar-refractivity contribution is -0.157. The number of amides is 1. The molecule has 3 unspecified atom stereocenters. The number of carbonyl (C=O) groups excluding carboxylic acids is 1. The third-order valence-electron chi connectivity index (χ3n) is 7.30. The molecule has 2 aliphatic rings. The van der Waals surface area contributed by atoms with E-state index in [1.54, 1.807) is 18.0 Å². The van der Waals surface area contributed by atoms with Gasteiger partial charge >= 0.3 is 5.97 Å². The summed E-state index contributed by atoms with van der Waals surface area (Å²) in [4.78, 5) is 45.6. The standard InChI is InChI=1S/C26H39N7O3/c1-24(2,3)22-27-13-17-19(31-22)20(29-14-28-17)30-16-10-11-33(21(16)34)18-9-8-15(32-25(4,5)6)12-26(18,7)23(35)36/h13-16,18,32H,8-12H2,1-7H3,(H,35,36)(H,28,29,30)/t15?,16-,18?,26?/m0/s1. The van der Waals surface area contributed by atoms with Crippen LogP contribution in [-0.4, -0.2) is 72.0 Å². The Labute approximate surface area is 212 Å². The maximum atomic E-state index is 13.6. The van der Waals surface area contributed by atoms with Crippen molar-refractivity contribution in [2.45, 2.75) is 103 Å². The summed E-state index contributed by atoms with van der Waals surface area (Å²) in [5.41, 5.74) is -0.198. The summed E-state index contributed by atoms with van der Waals surface area (Å²) in [7, 11) is 0. The number of aliphatic carboxylic acids is 1. The SMILES string of the molecule is CC(C)(C)NC1CCC(N2CC[C@H](Nc3ncnc4cnc(C(C)(C)C)nc34)C2=O)C(C)(C(=O)O)C1. The van der Waals surface area contributed by atoms with Crippen LogP contribution in [0.1, 0.15) is 80.0 Å². The van der Waals surface area contributed by atoms with Crippen molar-refractivity contribution in [1.29, 1.82) is 0 Å². The van der Waals surface area contributed by atoms with E-state index in [0.29, 0.717) is 48.5 Å². The highest BCUT2D eigenvalue weighted by molar-refractivity contribution is 5.91. The number of hydrogen-bond acceptors (Lipinski definition) is 8. The lowest BCUT2D eigenvalue weighted by Crippen LogP contribution is -2.59. The van der Waals surface area contributed by atoms with Gasteiger partial charge in [-0.3, -0.25) is 9.59 Å². The predicted molar refractivity (Wildman–Crippen MR) is 138 cm³/mol. The van der Waals surface area contributed by atoms with Crippen molar-refractivity contribution in [1.82, 2.24) is 30.2 Å². The first-order valence-electron chi connectivity index (χ1n) is 12.8. The van der Waals surface area contributed by atoms with Crippen LogP contribution in [0.25, 0.3) is 11.0 Å². The van der Waals surface area contributed by atoms with Crippen LogP contribution < -0.4 is 10.6 Å². The second kappa shape index (κ2) is 9.21. The maximum Gasteiger partial charge on any atom is 0.311 e. The Bertz CT molecular complexity index is 1160. The Hall–Kier alpha value is -2.88. The Morgan fingerprint density at radius 2 is 1.83 bits per heavy atom. The summed E-state index contributed by atoms with van der Waals surface area (Å²) >= 11 is 0. The highest BCUT2D eigenvalue weighted by Gasteiger charge is 2.52. The van der Waals surface area contributed by atoms with Crippen molar-refractivity contribution in [3.05, 3.63) is 18.3 Å². The van der Waals surface area contributed by atoms with Gasteiger partial charge in [0.15, 0.2) is 5.82 Å². The van der Waals surface area contributed by atoms with Crippen LogP contribution in [0.5, 0.6) is 0 Å². The number of fused-ring (bicyclic) bond motifs is 1. The monoisotopic (exact) mass is 497 g/mol.